The van der Waals surface area contributed by atoms with Crippen LogP contribution >= 0.6 is 7.92 Å². The zero-order valence-corrected chi connectivity index (χ0v) is 18.7. The smallest absolute Gasteiger partial charge is 0.0974 e. The Morgan fingerprint density at radius 2 is 1.26 bits per heavy atom. The lowest BCUT2D eigenvalue weighted by Gasteiger charge is -2.32. The highest BCUT2D eigenvalue weighted by Gasteiger charge is 2.31. The lowest BCUT2D eigenvalue weighted by atomic mass is 9.77. The molecule has 1 aliphatic rings. The Hall–Kier alpha value is -2.88. The molecule has 3 aromatic carbocycles. The molecule has 0 N–H and O–H groups in total. The molecule has 151 valence electrons. The molecule has 0 heterocycles. The highest BCUT2D eigenvalue weighted by Crippen LogP contribution is 2.45. The van der Waals surface area contributed by atoms with Crippen LogP contribution in [0.25, 0.3) is 0 Å². The van der Waals surface area contributed by atoms with E-state index in [0.717, 1.165) is 0 Å². The van der Waals surface area contributed by atoms with Crippen molar-refractivity contribution in [2.75, 3.05) is 0 Å². The zero-order chi connectivity index (χ0) is 20.8. The molecule has 3 radical (unpaired) electrons. The molecule has 31 heavy (non-hydrogen) atoms. The van der Waals surface area contributed by atoms with Crippen LogP contribution in [0, 0.1) is 22.7 Å². The molecule has 0 aliphatic heterocycles. The van der Waals surface area contributed by atoms with Gasteiger partial charge in [-0.2, -0.15) is 5.26 Å². The van der Waals surface area contributed by atoms with Gasteiger partial charge in [0, 0.05) is 14.3 Å². The summed E-state index contributed by atoms with van der Waals surface area (Å²) in [6.07, 6.45) is 9.50. The lowest BCUT2D eigenvalue weighted by Crippen LogP contribution is -2.27. The van der Waals surface area contributed by atoms with Crippen molar-refractivity contribution in [1.82, 2.24) is 0 Å². The Morgan fingerprint density at radius 3 is 1.71 bits per heavy atom. The lowest BCUT2D eigenvalue weighted by molar-refractivity contribution is 0.605. The average Bonchev–Trinajstić information content (AvgIpc) is 2.82. The molecular weight excluding hydrogens is 392 g/mol. The fraction of sp³-hybridized carbons (Fsp3) is 0.179. The van der Waals surface area contributed by atoms with Crippen molar-refractivity contribution in [2.24, 2.45) is 11.3 Å². The Balaban J connectivity index is 0.00000272. The third-order valence-electron chi connectivity index (χ3n) is 5.81. The first-order chi connectivity index (χ1) is 14.7. The van der Waals surface area contributed by atoms with Crippen LogP contribution in [-0.4, -0.2) is 14.1 Å². The topological polar surface area (TPSA) is 23.8 Å². The van der Waals surface area contributed by atoms with Gasteiger partial charge >= 0.3 is 0 Å². The van der Waals surface area contributed by atoms with E-state index in [0.29, 0.717) is 18.0 Å². The van der Waals surface area contributed by atoms with Crippen LogP contribution in [0.1, 0.15) is 12.5 Å². The van der Waals surface area contributed by atoms with Crippen molar-refractivity contribution in [2.45, 2.75) is 19.0 Å². The summed E-state index contributed by atoms with van der Waals surface area (Å²) in [4.78, 5) is 0. The second-order valence-corrected chi connectivity index (χ2v) is 10.5. The molecule has 4 rings (SSSR count). The minimum absolute atomic E-state index is 0. The summed E-state index contributed by atoms with van der Waals surface area (Å²) in [5, 5.41) is 12.7. The Bertz CT molecular complexity index is 1000. The summed E-state index contributed by atoms with van der Waals surface area (Å²) in [6, 6.07) is 34.5. The maximum absolute atomic E-state index is 9.94. The van der Waals surface area contributed by atoms with Crippen LogP contribution in [0.4, 0.5) is 0 Å². The van der Waals surface area contributed by atoms with Crippen molar-refractivity contribution in [3.63, 3.8) is 0 Å². The van der Waals surface area contributed by atoms with Crippen molar-refractivity contribution in [1.29, 1.82) is 5.26 Å². The first-order valence-corrected chi connectivity index (χ1v) is 11.9. The third kappa shape index (κ3) is 5.25. The quantitative estimate of drug-likeness (QED) is 0.290. The molecule has 1 nitrogen and oxygen atoms in total. The summed E-state index contributed by atoms with van der Waals surface area (Å²) in [5.74, 6) is 0.314. The first kappa shape index (κ1) is 22.8. The molecule has 0 bridgehead atoms. The molecule has 0 amide bonds. The summed E-state index contributed by atoms with van der Waals surface area (Å²) < 4.78 is 0. The third-order valence-corrected chi connectivity index (χ3v) is 8.68. The van der Waals surface area contributed by atoms with Gasteiger partial charge in [0.25, 0.3) is 0 Å². The fourth-order valence-corrected chi connectivity index (χ4v) is 6.91. The maximum Gasteiger partial charge on any atom is 0.0974 e. The standard InChI is InChI=1S/C28H26NP.B/c1-23(30(26-13-7-3-8-14-26)27-15-9-4-10-16-27)25-17-19-28(22-29,20-18-25)21-24-11-5-2-6-12-24;/h2-20,23,25H,21H2,1H3;. The van der Waals surface area contributed by atoms with Gasteiger partial charge in [0.1, 0.15) is 0 Å². The Labute approximate surface area is 189 Å². The Kier molecular flexibility index (Phi) is 7.67. The van der Waals surface area contributed by atoms with E-state index in [2.05, 4.69) is 110 Å². The van der Waals surface area contributed by atoms with Gasteiger partial charge in [-0.15, -0.1) is 0 Å². The van der Waals surface area contributed by atoms with E-state index in [4.69, 9.17) is 0 Å². The van der Waals surface area contributed by atoms with Gasteiger partial charge in [0.15, 0.2) is 0 Å². The van der Waals surface area contributed by atoms with E-state index in [9.17, 15) is 5.26 Å². The van der Waals surface area contributed by atoms with Gasteiger partial charge in [-0.1, -0.05) is 122 Å². The van der Waals surface area contributed by atoms with E-state index in [-0.39, 0.29) is 8.41 Å². The van der Waals surface area contributed by atoms with Crippen molar-refractivity contribution >= 4 is 26.9 Å². The number of hydrogen-bond acceptors (Lipinski definition) is 1. The zero-order valence-electron chi connectivity index (χ0n) is 17.8. The summed E-state index contributed by atoms with van der Waals surface area (Å²) in [7, 11) is -0.504. The van der Waals surface area contributed by atoms with Gasteiger partial charge in [-0.3, -0.25) is 0 Å². The molecule has 3 aromatic rings. The highest BCUT2D eigenvalue weighted by atomic mass is 31.1. The van der Waals surface area contributed by atoms with Gasteiger partial charge in [0.05, 0.1) is 11.5 Å². The van der Waals surface area contributed by atoms with Crippen LogP contribution in [-0.2, 0) is 6.42 Å². The van der Waals surface area contributed by atoms with Crippen LogP contribution in [0.3, 0.4) is 0 Å². The average molecular weight is 418 g/mol. The minimum Gasteiger partial charge on any atom is -0.197 e. The molecule has 3 heteroatoms. The fourth-order valence-electron chi connectivity index (χ4n) is 4.14. The SMILES string of the molecule is CC(C1C=CC(C#N)(Cc2ccccc2)C=C1)P(c1ccccc1)c1ccccc1.[B]. The van der Waals surface area contributed by atoms with E-state index >= 15 is 0 Å². The second kappa shape index (κ2) is 10.4. The number of nitrogens with zero attached hydrogens (tertiary/aromatic N) is 1. The van der Waals surface area contributed by atoms with Crippen LogP contribution in [0.5, 0.6) is 0 Å². The summed E-state index contributed by atoms with van der Waals surface area (Å²) in [6.45, 7) is 2.35. The molecule has 0 spiro atoms. The molecule has 1 aliphatic carbocycles. The van der Waals surface area contributed by atoms with Crippen LogP contribution in [0.2, 0.25) is 0 Å². The van der Waals surface area contributed by atoms with E-state index < -0.39 is 13.3 Å². The normalized spacial score (nSPS) is 20.6. The minimum atomic E-state index is -0.556. The van der Waals surface area contributed by atoms with Crippen LogP contribution < -0.4 is 10.6 Å². The van der Waals surface area contributed by atoms with Gasteiger partial charge in [-0.25, -0.2) is 0 Å². The van der Waals surface area contributed by atoms with Gasteiger partial charge in [0.2, 0.25) is 0 Å². The molecule has 0 saturated carbocycles. The Morgan fingerprint density at radius 1 is 0.806 bits per heavy atom. The van der Waals surface area contributed by atoms with Crippen molar-refractivity contribution in [3.05, 3.63) is 121 Å². The van der Waals surface area contributed by atoms with Gasteiger partial charge < -0.3 is 0 Å². The van der Waals surface area contributed by atoms with E-state index in [1.807, 2.05) is 18.2 Å². The van der Waals surface area contributed by atoms with Gasteiger partial charge in [-0.05, 0) is 36.2 Å². The summed E-state index contributed by atoms with van der Waals surface area (Å²) >= 11 is 0. The summed E-state index contributed by atoms with van der Waals surface area (Å²) in [5.41, 5.74) is 1.07. The van der Waals surface area contributed by atoms with Crippen molar-refractivity contribution < 1.29 is 0 Å². The largest absolute Gasteiger partial charge is 0.197 e. The number of nitriles is 1. The highest BCUT2D eigenvalue weighted by molar-refractivity contribution is 7.73. The second-order valence-electron chi connectivity index (χ2n) is 7.89. The first-order valence-electron chi connectivity index (χ1n) is 10.4. The molecule has 0 aromatic heterocycles. The van der Waals surface area contributed by atoms with E-state index in [1.54, 1.807) is 0 Å². The molecule has 1 unspecified atom stereocenters. The predicted molar refractivity (Wildman–Crippen MR) is 134 cm³/mol. The number of allylic oxidation sites excluding steroid dienone is 4. The number of rotatable bonds is 6. The number of benzene rings is 3. The monoisotopic (exact) mass is 418 g/mol. The molecular formula is C28H26BNP. The van der Waals surface area contributed by atoms with Crippen LogP contribution in [0.15, 0.2) is 115 Å². The molecule has 1 atom stereocenters. The molecule has 0 fully saturated rings. The predicted octanol–water partition coefficient (Wildman–Crippen LogP) is 5.62. The number of hydrogen-bond donors (Lipinski definition) is 0. The maximum atomic E-state index is 9.94. The van der Waals surface area contributed by atoms with E-state index in [1.165, 1.54) is 16.2 Å². The van der Waals surface area contributed by atoms with Crippen molar-refractivity contribution in [3.8, 4) is 6.07 Å². The molecule has 0 saturated heterocycles.